The molecule has 0 saturated carbocycles. The summed E-state index contributed by atoms with van der Waals surface area (Å²) in [5.74, 6) is -2.69. The van der Waals surface area contributed by atoms with E-state index < -0.39 is 74.8 Å². The van der Waals surface area contributed by atoms with E-state index in [1.165, 1.54) is 19.2 Å². The number of β-lactam (4-membered cyclic amide) rings is 1. The number of hydrogen-bond donors (Lipinski definition) is 5. The molecule has 1 fully saturated rings. The molecule has 0 aromatic carbocycles. The van der Waals surface area contributed by atoms with Crippen molar-refractivity contribution in [2.24, 2.45) is 5.16 Å². The summed E-state index contributed by atoms with van der Waals surface area (Å²) < 4.78 is 67.5. The number of aromatic nitrogens is 4. The molecule has 2 aromatic rings. The number of aliphatic hydroxyl groups excluding tert-OH is 1. The molecule has 22 heteroatoms. The predicted octanol–water partition coefficient (Wildman–Crippen LogP) is -1.59. The lowest BCUT2D eigenvalue weighted by molar-refractivity contribution is -0.145. The Balaban J connectivity index is 1.85. The minimum atomic E-state index is -5.08. The van der Waals surface area contributed by atoms with E-state index >= 15 is 0 Å². The van der Waals surface area contributed by atoms with E-state index in [0.717, 1.165) is 22.3 Å². The van der Waals surface area contributed by atoms with Crippen LogP contribution in [0.4, 0.5) is 5.13 Å². The normalized spacial score (nSPS) is 18.5. The average molecular weight is 611 g/mol. The lowest BCUT2D eigenvalue weighted by atomic mass is 9.98. The number of oxime groups is 1. The minimum Gasteiger partial charge on any atom is -0.509 e. The van der Waals surface area contributed by atoms with Gasteiger partial charge in [-0.15, -0.1) is 11.3 Å². The van der Waals surface area contributed by atoms with Gasteiger partial charge in [-0.3, -0.25) is 18.7 Å². The van der Waals surface area contributed by atoms with Gasteiger partial charge >= 0.3 is 20.7 Å². The van der Waals surface area contributed by atoms with E-state index in [9.17, 15) is 36.1 Å². The van der Waals surface area contributed by atoms with Crippen LogP contribution >= 0.6 is 11.3 Å². The van der Waals surface area contributed by atoms with E-state index in [1.807, 2.05) is 0 Å². The van der Waals surface area contributed by atoms with Gasteiger partial charge in [0.1, 0.15) is 35.8 Å². The highest BCUT2D eigenvalue weighted by molar-refractivity contribution is 7.84. The summed E-state index contributed by atoms with van der Waals surface area (Å²) in [5.41, 5.74) is 3.53. The second kappa shape index (κ2) is 10.8. The second-order valence-electron chi connectivity index (χ2n) is 8.27. The number of amides is 2. The molecule has 0 aliphatic carbocycles. The Morgan fingerprint density at radius 2 is 2.00 bits per heavy atom. The maximum absolute atomic E-state index is 13.1. The summed E-state index contributed by atoms with van der Waals surface area (Å²) >= 11 is 0.955. The average Bonchev–Trinajstić information content (AvgIpc) is 3.43. The summed E-state index contributed by atoms with van der Waals surface area (Å²) in [7, 11) is -9.86. The van der Waals surface area contributed by atoms with E-state index in [1.54, 1.807) is 0 Å². The Bertz CT molecular complexity index is 1530. The van der Waals surface area contributed by atoms with Crippen LogP contribution in [0.25, 0.3) is 0 Å². The Hall–Kier alpha value is -3.70. The van der Waals surface area contributed by atoms with Crippen LogP contribution in [0.3, 0.4) is 0 Å². The van der Waals surface area contributed by atoms with Crippen molar-refractivity contribution in [1.82, 2.24) is 29.6 Å². The predicted molar refractivity (Wildman–Crippen MR) is 130 cm³/mol. The van der Waals surface area contributed by atoms with Gasteiger partial charge in [0.15, 0.2) is 16.4 Å². The first-order valence-electron chi connectivity index (χ1n) is 10.4. The minimum absolute atomic E-state index is 0.0602. The number of hydrogen-bond acceptors (Lipinski definition) is 15. The molecule has 2 aromatic heterocycles. The van der Waals surface area contributed by atoms with E-state index in [0.29, 0.717) is 0 Å². The fourth-order valence-corrected chi connectivity index (χ4v) is 4.64. The maximum Gasteiger partial charge on any atom is 0.397 e. The quantitative estimate of drug-likeness (QED) is 0.0595. The molecule has 1 aliphatic rings. The van der Waals surface area contributed by atoms with Crippen molar-refractivity contribution in [3.63, 3.8) is 0 Å². The van der Waals surface area contributed by atoms with Gasteiger partial charge in [0, 0.05) is 5.38 Å². The van der Waals surface area contributed by atoms with Crippen molar-refractivity contribution in [3.05, 3.63) is 35.3 Å². The van der Waals surface area contributed by atoms with Crippen LogP contribution < -0.4 is 11.1 Å². The molecule has 0 unspecified atom stereocenters. The van der Waals surface area contributed by atoms with Crippen LogP contribution in [0.15, 0.2) is 29.1 Å². The fourth-order valence-electron chi connectivity index (χ4n) is 2.95. The zero-order valence-electron chi connectivity index (χ0n) is 20.0. The molecule has 3 heterocycles. The number of nitrogens with one attached hydrogen (secondary N) is 1. The maximum atomic E-state index is 13.1. The first-order valence-corrected chi connectivity index (χ1v) is 14.0. The molecule has 19 nitrogen and oxygen atoms in total. The van der Waals surface area contributed by atoms with Gasteiger partial charge in [0.2, 0.25) is 0 Å². The molecule has 2 amide bonds. The number of thiazole rings is 1. The number of carbonyl (C=O) groups is 2. The van der Waals surface area contributed by atoms with Crippen molar-refractivity contribution < 1.29 is 49.7 Å². The van der Waals surface area contributed by atoms with Gasteiger partial charge < -0.3 is 21.0 Å². The monoisotopic (exact) mass is 610 g/mol. The molecule has 0 radical (unpaired) electrons. The number of rotatable bonds is 12. The SMILES string of the molecule is C=C(O)C(C)(C)O/N=C(\C(=O)N[C@@H]1C(=O)N(S(=O)(=O)O)[C@@H]1Cn1ncc(COS(=O)(=O)O)n1)c1csc(N)n1. The molecule has 1 aliphatic heterocycles. The van der Waals surface area contributed by atoms with Crippen molar-refractivity contribution in [3.8, 4) is 0 Å². The van der Waals surface area contributed by atoms with Crippen LogP contribution in [-0.2, 0) is 52.5 Å². The molecule has 0 bridgehead atoms. The summed E-state index contributed by atoms with van der Waals surface area (Å²) in [6.45, 7) is 4.92. The number of nitrogens with two attached hydrogens (primary N) is 1. The molecule has 1 saturated heterocycles. The zero-order valence-corrected chi connectivity index (χ0v) is 22.5. The van der Waals surface area contributed by atoms with E-state index in [-0.39, 0.29) is 20.8 Å². The highest BCUT2D eigenvalue weighted by Gasteiger charge is 2.54. The Morgan fingerprint density at radius 3 is 2.54 bits per heavy atom. The molecular weight excluding hydrogens is 588 g/mol. The Morgan fingerprint density at radius 1 is 1.33 bits per heavy atom. The standard InChI is InChI=1S/C17H22N8O11S3/c1-8(26)17(2,3)36-23-12(10-7-37-16(18)20-10)14(27)21-13-11(25(15(13)28)38(29,30)31)5-24-19-4-9(22-24)6-35-39(32,33)34/h4,7,11,13,26H,1,5-6H2,2-3H3,(H2,18,20)(H,21,27)(H,29,30,31)(H,32,33,34)/b23-12-/t11-,13+/m1/s1. The molecule has 2 atom stereocenters. The zero-order chi connectivity index (χ0) is 29.3. The van der Waals surface area contributed by atoms with E-state index in [4.69, 9.17) is 15.1 Å². The van der Waals surface area contributed by atoms with Crippen molar-refractivity contribution in [2.45, 2.75) is 44.7 Å². The second-order valence-corrected chi connectivity index (χ2v) is 11.5. The van der Waals surface area contributed by atoms with E-state index in [2.05, 4.69) is 36.4 Å². The van der Waals surface area contributed by atoms with Crippen molar-refractivity contribution in [2.75, 3.05) is 5.73 Å². The Kier molecular flexibility index (Phi) is 8.28. The summed E-state index contributed by atoms with van der Waals surface area (Å²) in [6.07, 6.45) is 1.03. The van der Waals surface area contributed by atoms with Crippen LogP contribution in [0.5, 0.6) is 0 Å². The third-order valence-corrected chi connectivity index (χ3v) is 7.07. The van der Waals surface area contributed by atoms with Gasteiger partial charge in [0.05, 0.1) is 12.7 Å². The number of carbonyl (C=O) groups excluding carboxylic acids is 2. The number of nitrogens with zero attached hydrogens (tertiary/aromatic N) is 6. The topological polar surface area (TPSA) is 279 Å². The molecule has 214 valence electrons. The number of anilines is 1. The van der Waals surface area contributed by atoms with Crippen molar-refractivity contribution in [1.29, 1.82) is 0 Å². The summed E-state index contributed by atoms with van der Waals surface area (Å²) in [6, 6.07) is -3.00. The highest BCUT2D eigenvalue weighted by atomic mass is 32.3. The van der Waals surface area contributed by atoms with Crippen LogP contribution in [-0.4, -0.2) is 90.5 Å². The Labute approximate surface area is 224 Å². The lowest BCUT2D eigenvalue weighted by Gasteiger charge is -2.43. The third kappa shape index (κ3) is 7.24. The summed E-state index contributed by atoms with van der Waals surface area (Å²) in [4.78, 5) is 35.7. The highest BCUT2D eigenvalue weighted by Crippen LogP contribution is 2.26. The lowest BCUT2D eigenvalue weighted by Crippen LogP contribution is -2.73. The van der Waals surface area contributed by atoms with Gasteiger partial charge in [-0.2, -0.15) is 31.8 Å². The van der Waals surface area contributed by atoms with Crippen molar-refractivity contribution >= 4 is 54.7 Å². The molecule has 39 heavy (non-hydrogen) atoms. The molecular formula is C17H22N8O11S3. The molecule has 6 N–H and O–H groups in total. The third-order valence-electron chi connectivity index (χ3n) is 5.03. The van der Waals surface area contributed by atoms with Crippen LogP contribution in [0.2, 0.25) is 0 Å². The van der Waals surface area contributed by atoms with Gasteiger partial charge in [-0.1, -0.05) is 11.7 Å². The molecule has 0 spiro atoms. The first-order chi connectivity index (χ1) is 17.9. The largest absolute Gasteiger partial charge is 0.509 e. The smallest absolute Gasteiger partial charge is 0.397 e. The summed E-state index contributed by atoms with van der Waals surface area (Å²) in [5, 5.41) is 24.7. The van der Waals surface area contributed by atoms with Crippen LogP contribution in [0, 0.1) is 0 Å². The van der Waals surface area contributed by atoms with Crippen LogP contribution in [0.1, 0.15) is 25.2 Å². The van der Waals surface area contributed by atoms with Gasteiger partial charge in [-0.05, 0) is 13.8 Å². The van der Waals surface area contributed by atoms with Gasteiger partial charge in [-0.25, -0.2) is 13.5 Å². The van der Waals surface area contributed by atoms with Gasteiger partial charge in [0.25, 0.3) is 11.8 Å². The molecule has 3 rings (SSSR count). The first kappa shape index (κ1) is 29.9. The number of nitrogen functional groups attached to an aromatic ring is 1. The fraction of sp³-hybridized carbons (Fsp3) is 0.412. The number of aliphatic hydroxyl groups is 1.